The number of H-pyrrole nitrogens is 1. The number of amides is 2. The maximum atomic E-state index is 11.8. The summed E-state index contributed by atoms with van der Waals surface area (Å²) in [5, 5.41) is 12.5. The summed E-state index contributed by atoms with van der Waals surface area (Å²) in [7, 11) is 0. The van der Waals surface area contributed by atoms with Crippen LogP contribution in [0.2, 0.25) is 5.02 Å². The molecule has 0 saturated heterocycles. The lowest BCUT2D eigenvalue weighted by molar-refractivity contribution is 0.262. The molecule has 18 heavy (non-hydrogen) atoms. The minimum Gasteiger partial charge on any atom is -0.306 e. The minimum atomic E-state index is -0.359. The number of halogens is 1. The Bertz CT molecular complexity index is 553. The summed E-state index contributed by atoms with van der Waals surface area (Å²) < 4.78 is 0. The monoisotopic (exact) mass is 264 g/mol. The van der Waals surface area contributed by atoms with E-state index in [1.54, 1.807) is 30.5 Å². The van der Waals surface area contributed by atoms with Crippen LogP contribution in [-0.4, -0.2) is 16.2 Å². The third-order valence-electron chi connectivity index (χ3n) is 2.46. The van der Waals surface area contributed by atoms with E-state index in [2.05, 4.69) is 20.8 Å². The molecular formula is C12H13ClN4O. The Hall–Kier alpha value is -2.01. The summed E-state index contributed by atoms with van der Waals surface area (Å²) in [5.74, 6) is 0.599. The van der Waals surface area contributed by atoms with E-state index in [1.807, 2.05) is 6.92 Å². The number of benzene rings is 1. The number of carbonyl (C=O) groups is 1. The molecule has 5 nitrogen and oxygen atoms in total. The van der Waals surface area contributed by atoms with Gasteiger partial charge in [-0.25, -0.2) is 4.79 Å². The molecule has 2 rings (SSSR count). The Morgan fingerprint density at radius 3 is 2.89 bits per heavy atom. The van der Waals surface area contributed by atoms with Gasteiger partial charge in [0, 0.05) is 5.56 Å². The largest absolute Gasteiger partial charge is 0.324 e. The highest BCUT2D eigenvalue weighted by Gasteiger charge is 2.08. The van der Waals surface area contributed by atoms with Gasteiger partial charge >= 0.3 is 6.03 Å². The smallest absolute Gasteiger partial charge is 0.306 e. The molecule has 0 bridgehead atoms. The van der Waals surface area contributed by atoms with Crippen LogP contribution in [0, 0.1) is 0 Å². The Kier molecular flexibility index (Phi) is 3.84. The van der Waals surface area contributed by atoms with E-state index in [1.165, 1.54) is 0 Å². The summed E-state index contributed by atoms with van der Waals surface area (Å²) >= 11 is 5.95. The van der Waals surface area contributed by atoms with Crippen molar-refractivity contribution in [3.8, 4) is 0 Å². The third kappa shape index (κ3) is 2.81. The van der Waals surface area contributed by atoms with Gasteiger partial charge in [-0.05, 0) is 18.6 Å². The van der Waals surface area contributed by atoms with Gasteiger partial charge in [-0.1, -0.05) is 30.7 Å². The van der Waals surface area contributed by atoms with Crippen LogP contribution in [-0.2, 0) is 6.42 Å². The average molecular weight is 265 g/mol. The first kappa shape index (κ1) is 12.4. The lowest BCUT2D eigenvalue weighted by atomic mass is 10.2. The zero-order valence-corrected chi connectivity index (χ0v) is 10.6. The first-order chi connectivity index (χ1) is 8.70. The van der Waals surface area contributed by atoms with E-state index in [9.17, 15) is 4.79 Å². The molecule has 0 aliphatic carbocycles. The summed E-state index contributed by atoms with van der Waals surface area (Å²) in [5.41, 5.74) is 1.51. The van der Waals surface area contributed by atoms with Gasteiger partial charge in [-0.15, -0.1) is 0 Å². The summed E-state index contributed by atoms with van der Waals surface area (Å²) in [6.07, 6.45) is 2.48. The molecule has 0 fully saturated rings. The van der Waals surface area contributed by atoms with E-state index in [0.29, 0.717) is 16.5 Å². The van der Waals surface area contributed by atoms with Crippen molar-refractivity contribution in [1.82, 2.24) is 10.2 Å². The van der Waals surface area contributed by atoms with Gasteiger partial charge in [-0.3, -0.25) is 10.4 Å². The molecule has 0 aliphatic rings. The predicted molar refractivity (Wildman–Crippen MR) is 72.1 cm³/mol. The van der Waals surface area contributed by atoms with Crippen molar-refractivity contribution < 1.29 is 4.79 Å². The number of anilines is 2. The molecule has 1 heterocycles. The van der Waals surface area contributed by atoms with E-state index >= 15 is 0 Å². The highest BCUT2D eigenvalue weighted by molar-refractivity contribution is 6.33. The van der Waals surface area contributed by atoms with E-state index in [4.69, 9.17) is 11.6 Å². The SMILES string of the molecule is CCc1cn[nH]c1NC(=O)Nc1ccccc1Cl. The number of hydrogen-bond acceptors (Lipinski definition) is 2. The van der Waals surface area contributed by atoms with E-state index in [0.717, 1.165) is 12.0 Å². The van der Waals surface area contributed by atoms with Gasteiger partial charge in [0.05, 0.1) is 16.9 Å². The number of urea groups is 1. The van der Waals surface area contributed by atoms with Crippen LogP contribution in [0.25, 0.3) is 0 Å². The maximum absolute atomic E-state index is 11.8. The Labute approximate surface area is 110 Å². The Morgan fingerprint density at radius 1 is 1.39 bits per heavy atom. The van der Waals surface area contributed by atoms with Crippen molar-refractivity contribution >= 4 is 29.1 Å². The van der Waals surface area contributed by atoms with E-state index in [-0.39, 0.29) is 6.03 Å². The summed E-state index contributed by atoms with van der Waals surface area (Å²) in [6.45, 7) is 1.99. The number of aromatic amines is 1. The zero-order valence-electron chi connectivity index (χ0n) is 9.83. The van der Waals surface area contributed by atoms with Gasteiger partial charge in [0.1, 0.15) is 5.82 Å². The second-order valence-electron chi connectivity index (χ2n) is 3.68. The molecule has 2 amide bonds. The summed E-state index contributed by atoms with van der Waals surface area (Å²) in [6, 6.07) is 6.69. The van der Waals surface area contributed by atoms with Crippen LogP contribution in [0.1, 0.15) is 12.5 Å². The fourth-order valence-corrected chi connectivity index (χ4v) is 1.70. The maximum Gasteiger partial charge on any atom is 0.324 e. The molecule has 1 aromatic carbocycles. The number of para-hydroxylation sites is 1. The second kappa shape index (κ2) is 5.55. The number of rotatable bonds is 3. The topological polar surface area (TPSA) is 69.8 Å². The molecule has 0 aliphatic heterocycles. The lowest BCUT2D eigenvalue weighted by Crippen LogP contribution is -2.20. The van der Waals surface area contributed by atoms with Gasteiger partial charge < -0.3 is 5.32 Å². The molecule has 0 atom stereocenters. The van der Waals surface area contributed by atoms with Crippen molar-refractivity contribution in [2.24, 2.45) is 0 Å². The van der Waals surface area contributed by atoms with Crippen LogP contribution >= 0.6 is 11.6 Å². The van der Waals surface area contributed by atoms with Crippen molar-refractivity contribution in [2.45, 2.75) is 13.3 Å². The Morgan fingerprint density at radius 2 is 2.17 bits per heavy atom. The number of aryl methyl sites for hydroxylation is 1. The van der Waals surface area contributed by atoms with Crippen LogP contribution in [0.5, 0.6) is 0 Å². The third-order valence-corrected chi connectivity index (χ3v) is 2.79. The lowest BCUT2D eigenvalue weighted by Gasteiger charge is -2.08. The van der Waals surface area contributed by atoms with Gasteiger partial charge in [0.2, 0.25) is 0 Å². The molecule has 0 unspecified atom stereocenters. The van der Waals surface area contributed by atoms with Crippen molar-refractivity contribution in [3.05, 3.63) is 41.0 Å². The molecule has 94 valence electrons. The molecule has 6 heteroatoms. The second-order valence-corrected chi connectivity index (χ2v) is 4.09. The first-order valence-corrected chi connectivity index (χ1v) is 5.93. The van der Waals surface area contributed by atoms with E-state index < -0.39 is 0 Å². The number of carbonyl (C=O) groups excluding carboxylic acids is 1. The zero-order chi connectivity index (χ0) is 13.0. The van der Waals surface area contributed by atoms with Crippen molar-refractivity contribution in [2.75, 3.05) is 10.6 Å². The minimum absolute atomic E-state index is 0.359. The fourth-order valence-electron chi connectivity index (χ4n) is 1.52. The molecule has 2 aromatic rings. The Balaban J connectivity index is 2.04. The number of nitrogens with one attached hydrogen (secondary N) is 3. The molecule has 0 spiro atoms. The predicted octanol–water partition coefficient (Wildman–Crippen LogP) is 3.27. The molecule has 3 N–H and O–H groups in total. The van der Waals surface area contributed by atoms with Crippen LogP contribution in [0.4, 0.5) is 16.3 Å². The van der Waals surface area contributed by atoms with Crippen LogP contribution < -0.4 is 10.6 Å². The van der Waals surface area contributed by atoms with Crippen molar-refractivity contribution in [3.63, 3.8) is 0 Å². The number of hydrogen-bond donors (Lipinski definition) is 3. The van der Waals surface area contributed by atoms with Gasteiger partial charge in [0.15, 0.2) is 0 Å². The molecular weight excluding hydrogens is 252 g/mol. The summed E-state index contributed by atoms with van der Waals surface area (Å²) in [4.78, 5) is 11.8. The normalized spacial score (nSPS) is 10.1. The van der Waals surface area contributed by atoms with Gasteiger partial charge in [0.25, 0.3) is 0 Å². The fraction of sp³-hybridized carbons (Fsp3) is 0.167. The molecule has 0 saturated carbocycles. The van der Waals surface area contributed by atoms with Crippen LogP contribution in [0.15, 0.2) is 30.5 Å². The first-order valence-electron chi connectivity index (χ1n) is 5.55. The van der Waals surface area contributed by atoms with Crippen molar-refractivity contribution in [1.29, 1.82) is 0 Å². The highest BCUT2D eigenvalue weighted by atomic mass is 35.5. The number of nitrogens with zero attached hydrogens (tertiary/aromatic N) is 1. The standard InChI is InChI=1S/C12H13ClN4O/c1-2-8-7-14-17-11(8)16-12(18)15-10-6-4-3-5-9(10)13/h3-7H,2H2,1H3,(H3,14,15,16,17,18). The van der Waals surface area contributed by atoms with Gasteiger partial charge in [-0.2, -0.15) is 5.10 Å². The quantitative estimate of drug-likeness (QED) is 0.796. The number of aromatic nitrogens is 2. The van der Waals surface area contributed by atoms with Crippen LogP contribution in [0.3, 0.4) is 0 Å². The average Bonchev–Trinajstić information content (AvgIpc) is 2.79. The highest BCUT2D eigenvalue weighted by Crippen LogP contribution is 2.20. The molecule has 0 radical (unpaired) electrons. The molecule has 1 aromatic heterocycles.